The summed E-state index contributed by atoms with van der Waals surface area (Å²) in [7, 11) is 0. The van der Waals surface area contributed by atoms with E-state index in [4.69, 9.17) is 12.3 Å². The Morgan fingerprint density at radius 2 is 0.231 bits per heavy atom. The predicted molar refractivity (Wildman–Crippen MR) is 514 cm³/mol. The van der Waals surface area contributed by atoms with Gasteiger partial charge in [-0.1, -0.05) is 0 Å². The molecule has 0 aromatic carbocycles. The fraction of sp³-hybridized carbons (Fsp3) is 0.889. The molecule has 117 heavy (non-hydrogen) atoms. The molecular formula is C108H204O8Sn. The standard InChI is InChI=1S/4C27H52O2.Sn/c4*1-4-7-10-13-16-19-22-25(23-20-17-14-11-8-5-2)26(27(28)29)24-21-18-15-12-9-6-3;/h4*4-24H2,1-3H3,(H,28,29);/q;;;;+4/p-4. The van der Waals surface area contributed by atoms with Gasteiger partial charge in [0.05, 0.1) is 0 Å². The number of carbonyl (C=O) groups excluding carboxylic acids is 4. The first-order chi connectivity index (χ1) is 57.4. The Morgan fingerprint density at radius 3 is 0.342 bits per heavy atom. The molecule has 0 aliphatic heterocycles. The summed E-state index contributed by atoms with van der Waals surface area (Å²) in [5, 5.41) is 0. The Bertz CT molecular complexity index is 1980. The average molecular weight is 1750 g/mol. The van der Waals surface area contributed by atoms with Gasteiger partial charge in [0, 0.05) is 0 Å². The van der Waals surface area contributed by atoms with Crippen LogP contribution in [0.5, 0.6) is 0 Å². The van der Waals surface area contributed by atoms with Crippen molar-refractivity contribution >= 4 is 43.9 Å². The summed E-state index contributed by atoms with van der Waals surface area (Å²) in [4.78, 5) is 68.5. The molecule has 0 saturated carbocycles. The van der Waals surface area contributed by atoms with Crippen molar-refractivity contribution in [2.75, 3.05) is 0 Å². The van der Waals surface area contributed by atoms with Gasteiger partial charge in [-0.3, -0.25) is 0 Å². The van der Waals surface area contributed by atoms with Crippen LogP contribution >= 0.6 is 0 Å². The monoisotopic (exact) mass is 1750 g/mol. The second-order valence-corrected chi connectivity index (χ2v) is 41.8. The SMILES string of the molecule is CCCCCCCCC(CCCCCCCC)=C(CCCCCCCC)C(=O)[O][Sn]([O]C(=O)C(CCCCCCCC)=C(CCCCCCCC)CCCCCCCC)([O]C(=O)C(CCCCCCCC)=C(CCCCCCCC)CCCCCCCC)[O]C(=O)C(CCCCCCCC)=C(CCCCCCCC)CCCCCCCC. The molecule has 688 valence electrons. The van der Waals surface area contributed by atoms with Crippen LogP contribution in [0.15, 0.2) is 44.6 Å². The molecule has 0 aliphatic carbocycles. The molecule has 9 heteroatoms. The van der Waals surface area contributed by atoms with Gasteiger partial charge in [-0.05, 0) is 0 Å². The van der Waals surface area contributed by atoms with Crippen LogP contribution in [0.1, 0.15) is 622 Å². The zero-order valence-electron chi connectivity index (χ0n) is 81.2. The van der Waals surface area contributed by atoms with E-state index < -0.39 is 43.9 Å². The van der Waals surface area contributed by atoms with Crippen molar-refractivity contribution in [2.45, 2.75) is 622 Å². The van der Waals surface area contributed by atoms with E-state index in [9.17, 15) is 0 Å². The molecule has 0 saturated heterocycles. The minimum atomic E-state index is -6.99. The molecule has 0 amide bonds. The first kappa shape index (κ1) is 115. The summed E-state index contributed by atoms with van der Waals surface area (Å²) < 4.78 is 30.2. The molecule has 0 aliphatic rings. The number of hydrogen-bond acceptors (Lipinski definition) is 8. The van der Waals surface area contributed by atoms with Gasteiger partial charge >= 0.3 is 742 Å². The van der Waals surface area contributed by atoms with E-state index in [0.29, 0.717) is 48.0 Å². The van der Waals surface area contributed by atoms with Crippen molar-refractivity contribution in [3.8, 4) is 0 Å². The number of allylic oxidation sites excluding steroid dienone is 4. The molecular weight excluding hydrogens is 1540 g/mol. The molecule has 8 nitrogen and oxygen atoms in total. The van der Waals surface area contributed by atoms with Crippen LogP contribution in [0.4, 0.5) is 0 Å². The Balaban J connectivity index is 10.5. The fourth-order valence-electron chi connectivity index (χ4n) is 17.5. The molecule has 0 radical (unpaired) electrons. The third kappa shape index (κ3) is 66.8. The summed E-state index contributed by atoms with van der Waals surface area (Å²) in [5.74, 6) is -2.33. The minimum absolute atomic E-state index is 0.515. The van der Waals surface area contributed by atoms with Crippen molar-refractivity contribution in [2.24, 2.45) is 0 Å². The first-order valence-corrected chi connectivity index (χ1v) is 57.8. The Labute approximate surface area is 737 Å². The van der Waals surface area contributed by atoms with Crippen LogP contribution in [0, 0.1) is 0 Å². The van der Waals surface area contributed by atoms with Gasteiger partial charge in [0.1, 0.15) is 0 Å². The maximum atomic E-state index is 17.1. The van der Waals surface area contributed by atoms with Crippen molar-refractivity contribution in [3.63, 3.8) is 0 Å². The average Bonchev–Trinajstić information content (AvgIpc) is 0.791. The second-order valence-electron chi connectivity index (χ2n) is 36.6. The number of hydrogen-bond donors (Lipinski definition) is 0. The molecule has 0 spiro atoms. The molecule has 0 aromatic rings. The fourth-order valence-corrected chi connectivity index (χ4v) is 22.2. The van der Waals surface area contributed by atoms with Gasteiger partial charge in [-0.15, -0.1) is 0 Å². The van der Waals surface area contributed by atoms with Crippen molar-refractivity contribution in [1.29, 1.82) is 0 Å². The summed E-state index contributed by atoms with van der Waals surface area (Å²) in [6, 6.07) is 0. The molecule has 0 heterocycles. The topological polar surface area (TPSA) is 105 Å². The van der Waals surface area contributed by atoms with Crippen molar-refractivity contribution in [3.05, 3.63) is 44.6 Å². The number of carbonyl (C=O) groups is 4. The van der Waals surface area contributed by atoms with E-state index in [1.165, 1.54) is 180 Å². The van der Waals surface area contributed by atoms with E-state index in [-0.39, 0.29) is 0 Å². The molecule has 0 atom stereocenters. The number of unbranched alkanes of at least 4 members (excludes halogenated alkanes) is 60. The maximum absolute atomic E-state index is 17.1. The molecule has 0 fully saturated rings. The zero-order valence-corrected chi connectivity index (χ0v) is 84.0. The van der Waals surface area contributed by atoms with E-state index in [0.717, 1.165) is 356 Å². The predicted octanol–water partition coefficient (Wildman–Crippen LogP) is 37.8. The third-order valence-electron chi connectivity index (χ3n) is 25.3. The van der Waals surface area contributed by atoms with Crippen molar-refractivity contribution < 1.29 is 31.5 Å². The summed E-state index contributed by atoms with van der Waals surface area (Å²) in [6.45, 7) is 27.4. The van der Waals surface area contributed by atoms with E-state index >= 15 is 19.2 Å². The second kappa shape index (κ2) is 88.5. The Hall–Kier alpha value is -2.36. The van der Waals surface area contributed by atoms with Crippen LogP contribution in [0.3, 0.4) is 0 Å². The quantitative estimate of drug-likeness (QED) is 0.0337. The van der Waals surface area contributed by atoms with E-state index in [1.54, 1.807) is 0 Å². The Kier molecular flexibility index (Phi) is 86.7. The molecule has 0 bridgehead atoms. The molecule has 0 rings (SSSR count). The van der Waals surface area contributed by atoms with Crippen LogP contribution in [0.2, 0.25) is 0 Å². The number of rotatable bonds is 92. The van der Waals surface area contributed by atoms with Gasteiger partial charge in [0.2, 0.25) is 0 Å². The summed E-state index contributed by atoms with van der Waals surface area (Å²) in [6.07, 6.45) is 88.5. The third-order valence-corrected chi connectivity index (χ3v) is 30.3. The van der Waals surface area contributed by atoms with Crippen LogP contribution in [-0.2, 0) is 31.5 Å². The summed E-state index contributed by atoms with van der Waals surface area (Å²) in [5.41, 5.74) is 7.15. The van der Waals surface area contributed by atoms with Gasteiger partial charge in [-0.25, -0.2) is 0 Å². The Morgan fingerprint density at radius 1 is 0.137 bits per heavy atom. The molecule has 0 N–H and O–H groups in total. The normalized spacial score (nSPS) is 11.5. The molecule has 0 unspecified atom stereocenters. The van der Waals surface area contributed by atoms with Crippen LogP contribution in [-0.4, -0.2) is 43.9 Å². The van der Waals surface area contributed by atoms with Gasteiger partial charge in [0.15, 0.2) is 0 Å². The zero-order chi connectivity index (χ0) is 85.7. The van der Waals surface area contributed by atoms with Crippen LogP contribution < -0.4 is 0 Å². The summed E-state index contributed by atoms with van der Waals surface area (Å²) >= 11 is -6.99. The van der Waals surface area contributed by atoms with Gasteiger partial charge in [-0.2, -0.15) is 0 Å². The first-order valence-electron chi connectivity index (χ1n) is 53.2. The van der Waals surface area contributed by atoms with Gasteiger partial charge < -0.3 is 0 Å². The van der Waals surface area contributed by atoms with Crippen molar-refractivity contribution in [1.82, 2.24) is 0 Å². The van der Waals surface area contributed by atoms with E-state index in [1.807, 2.05) is 0 Å². The van der Waals surface area contributed by atoms with Gasteiger partial charge in [0.25, 0.3) is 0 Å². The van der Waals surface area contributed by atoms with Crippen LogP contribution in [0.25, 0.3) is 0 Å². The molecule has 0 aromatic heterocycles. The van der Waals surface area contributed by atoms with E-state index in [2.05, 4.69) is 83.1 Å².